The van der Waals surface area contributed by atoms with Crippen molar-refractivity contribution in [2.75, 3.05) is 5.73 Å². The zero-order chi connectivity index (χ0) is 13.0. The number of hydrogen-bond donors (Lipinski definition) is 1. The van der Waals surface area contributed by atoms with E-state index in [1.165, 1.54) is 0 Å². The Bertz CT molecular complexity index is 561. The largest absolute Gasteiger partial charge is 0.454 e. The van der Waals surface area contributed by atoms with Crippen molar-refractivity contribution in [3.8, 4) is 0 Å². The molecule has 1 aromatic heterocycles. The summed E-state index contributed by atoms with van der Waals surface area (Å²) >= 11 is 5.82. The summed E-state index contributed by atoms with van der Waals surface area (Å²) in [4.78, 5) is 19.7. The van der Waals surface area contributed by atoms with Crippen molar-refractivity contribution in [2.24, 2.45) is 0 Å². The fraction of sp³-hybridized carbons (Fsp3) is 0.0833. The van der Waals surface area contributed by atoms with Crippen molar-refractivity contribution in [3.63, 3.8) is 0 Å². The number of benzene rings is 1. The molecule has 1 heterocycles. The van der Waals surface area contributed by atoms with Crippen molar-refractivity contribution in [1.82, 2.24) is 9.97 Å². The molecule has 5 nitrogen and oxygen atoms in total. The zero-order valence-electron chi connectivity index (χ0n) is 9.34. The fourth-order valence-corrected chi connectivity index (χ4v) is 1.50. The Balaban J connectivity index is 2.07. The number of para-hydroxylation sites is 1. The summed E-state index contributed by atoms with van der Waals surface area (Å²) in [7, 11) is 0. The molecule has 2 rings (SSSR count). The van der Waals surface area contributed by atoms with Crippen LogP contribution in [0.4, 0.5) is 5.69 Å². The van der Waals surface area contributed by atoms with Crippen LogP contribution in [0.15, 0.2) is 36.7 Å². The summed E-state index contributed by atoms with van der Waals surface area (Å²) in [5, 5.41) is 0.320. The minimum Gasteiger partial charge on any atom is -0.454 e. The van der Waals surface area contributed by atoms with Gasteiger partial charge in [-0.1, -0.05) is 17.7 Å². The number of hydrogen-bond acceptors (Lipinski definition) is 5. The predicted octanol–water partition coefficient (Wildman–Crippen LogP) is 2.07. The first-order chi connectivity index (χ1) is 8.68. The Labute approximate surface area is 109 Å². The molecule has 0 saturated heterocycles. The van der Waals surface area contributed by atoms with Crippen LogP contribution < -0.4 is 5.73 Å². The molecule has 0 fully saturated rings. The number of esters is 1. The maximum atomic E-state index is 11.8. The van der Waals surface area contributed by atoms with Gasteiger partial charge in [-0.2, -0.15) is 0 Å². The average molecular weight is 264 g/mol. The number of aromatic nitrogens is 2. The Morgan fingerprint density at radius 2 is 2.00 bits per heavy atom. The molecular formula is C12H10ClN3O2. The van der Waals surface area contributed by atoms with Crippen molar-refractivity contribution in [1.29, 1.82) is 0 Å². The van der Waals surface area contributed by atoms with Crippen molar-refractivity contribution in [3.05, 3.63) is 53.1 Å². The maximum Gasteiger partial charge on any atom is 0.340 e. The SMILES string of the molecule is Nc1c(Cl)cccc1C(=O)OCc1ncccn1. The summed E-state index contributed by atoms with van der Waals surface area (Å²) in [5.74, 6) is -0.131. The number of anilines is 1. The maximum absolute atomic E-state index is 11.8. The van der Waals surface area contributed by atoms with Gasteiger partial charge >= 0.3 is 5.97 Å². The van der Waals surface area contributed by atoms with Gasteiger partial charge in [0.1, 0.15) is 0 Å². The van der Waals surface area contributed by atoms with Crippen LogP contribution >= 0.6 is 11.6 Å². The van der Waals surface area contributed by atoms with Crippen LogP contribution in [-0.2, 0) is 11.3 Å². The Hall–Kier alpha value is -2.14. The number of nitrogens with two attached hydrogens (primary N) is 1. The van der Waals surface area contributed by atoms with Crippen LogP contribution in [-0.4, -0.2) is 15.9 Å². The number of halogens is 1. The second-order valence-electron chi connectivity index (χ2n) is 3.44. The van der Waals surface area contributed by atoms with E-state index in [-0.39, 0.29) is 17.9 Å². The van der Waals surface area contributed by atoms with Gasteiger partial charge in [0.25, 0.3) is 0 Å². The van der Waals surface area contributed by atoms with E-state index in [0.29, 0.717) is 10.8 Å². The number of carbonyl (C=O) groups excluding carboxylic acids is 1. The average Bonchev–Trinajstić information content (AvgIpc) is 2.40. The number of nitrogens with zero attached hydrogens (tertiary/aromatic N) is 2. The van der Waals surface area contributed by atoms with Gasteiger partial charge in [0.15, 0.2) is 12.4 Å². The van der Waals surface area contributed by atoms with Crippen LogP contribution in [0, 0.1) is 0 Å². The van der Waals surface area contributed by atoms with Crippen molar-refractivity contribution < 1.29 is 9.53 Å². The molecule has 0 aliphatic heterocycles. The van der Waals surface area contributed by atoms with Gasteiger partial charge in [0, 0.05) is 12.4 Å². The fourth-order valence-electron chi connectivity index (χ4n) is 1.33. The Kier molecular flexibility index (Phi) is 3.74. The molecule has 0 amide bonds. The van der Waals surface area contributed by atoms with Gasteiger partial charge in [0.05, 0.1) is 16.3 Å². The highest BCUT2D eigenvalue weighted by molar-refractivity contribution is 6.33. The highest BCUT2D eigenvalue weighted by Crippen LogP contribution is 2.23. The minimum absolute atomic E-state index is 0.00831. The molecule has 0 unspecified atom stereocenters. The van der Waals surface area contributed by atoms with Gasteiger partial charge in [0.2, 0.25) is 0 Å². The Morgan fingerprint density at radius 3 is 2.72 bits per heavy atom. The summed E-state index contributed by atoms with van der Waals surface area (Å²) in [6, 6.07) is 6.47. The summed E-state index contributed by atoms with van der Waals surface area (Å²) in [5.41, 5.74) is 6.13. The summed E-state index contributed by atoms with van der Waals surface area (Å²) in [6.07, 6.45) is 3.15. The first-order valence-electron chi connectivity index (χ1n) is 5.15. The molecule has 1 aromatic carbocycles. The molecule has 0 saturated carbocycles. The number of ether oxygens (including phenoxy) is 1. The quantitative estimate of drug-likeness (QED) is 0.677. The second kappa shape index (κ2) is 5.46. The molecule has 0 atom stereocenters. The van der Waals surface area contributed by atoms with Crippen molar-refractivity contribution >= 4 is 23.3 Å². The Morgan fingerprint density at radius 1 is 1.28 bits per heavy atom. The number of nitrogen functional groups attached to an aromatic ring is 1. The van der Waals surface area contributed by atoms with E-state index >= 15 is 0 Å². The summed E-state index contributed by atoms with van der Waals surface area (Å²) < 4.78 is 5.05. The smallest absolute Gasteiger partial charge is 0.340 e. The third kappa shape index (κ3) is 2.75. The summed E-state index contributed by atoms with van der Waals surface area (Å²) in [6.45, 7) is -0.00831. The van der Waals surface area contributed by atoms with Gasteiger partial charge in [-0.25, -0.2) is 14.8 Å². The normalized spacial score (nSPS) is 10.1. The molecule has 0 radical (unpaired) electrons. The molecule has 0 spiro atoms. The molecular weight excluding hydrogens is 254 g/mol. The van der Waals surface area contributed by atoms with Gasteiger partial charge in [-0.05, 0) is 18.2 Å². The molecule has 18 heavy (non-hydrogen) atoms. The highest BCUT2D eigenvalue weighted by atomic mass is 35.5. The molecule has 92 valence electrons. The third-order valence-corrected chi connectivity index (χ3v) is 2.55. The van der Waals surface area contributed by atoms with Crippen LogP contribution in [0.1, 0.15) is 16.2 Å². The van der Waals surface area contributed by atoms with E-state index in [1.807, 2.05) is 0 Å². The van der Waals surface area contributed by atoms with E-state index in [9.17, 15) is 4.79 Å². The number of carbonyl (C=O) groups is 1. The highest BCUT2D eigenvalue weighted by Gasteiger charge is 2.13. The lowest BCUT2D eigenvalue weighted by molar-refractivity contribution is 0.0463. The van der Waals surface area contributed by atoms with Gasteiger partial charge in [-0.15, -0.1) is 0 Å². The minimum atomic E-state index is -0.553. The van der Waals surface area contributed by atoms with Crippen LogP contribution in [0.5, 0.6) is 0 Å². The van der Waals surface area contributed by atoms with E-state index in [2.05, 4.69) is 9.97 Å². The van der Waals surface area contributed by atoms with E-state index in [4.69, 9.17) is 22.1 Å². The predicted molar refractivity (Wildman–Crippen MR) is 67.0 cm³/mol. The van der Waals surface area contributed by atoms with Gasteiger partial charge < -0.3 is 10.5 Å². The molecule has 2 aromatic rings. The van der Waals surface area contributed by atoms with E-state index in [1.54, 1.807) is 36.7 Å². The molecule has 0 aliphatic carbocycles. The topological polar surface area (TPSA) is 78.1 Å². The number of rotatable bonds is 3. The molecule has 2 N–H and O–H groups in total. The van der Waals surface area contributed by atoms with Crippen molar-refractivity contribution in [2.45, 2.75) is 6.61 Å². The zero-order valence-corrected chi connectivity index (χ0v) is 10.1. The molecule has 6 heteroatoms. The second-order valence-corrected chi connectivity index (χ2v) is 3.85. The lowest BCUT2D eigenvalue weighted by Crippen LogP contribution is -2.09. The molecule has 0 bridgehead atoms. The lowest BCUT2D eigenvalue weighted by atomic mass is 10.2. The lowest BCUT2D eigenvalue weighted by Gasteiger charge is -2.07. The first-order valence-corrected chi connectivity index (χ1v) is 5.53. The monoisotopic (exact) mass is 263 g/mol. The van der Waals surface area contributed by atoms with Crippen LogP contribution in [0.25, 0.3) is 0 Å². The standard InChI is InChI=1S/C12H10ClN3O2/c13-9-4-1-3-8(11(9)14)12(17)18-7-10-15-5-2-6-16-10/h1-6H,7,14H2. The van der Waals surface area contributed by atoms with Gasteiger partial charge in [-0.3, -0.25) is 0 Å². The molecule has 0 aliphatic rings. The third-order valence-electron chi connectivity index (χ3n) is 2.22. The van der Waals surface area contributed by atoms with E-state index in [0.717, 1.165) is 0 Å². The van der Waals surface area contributed by atoms with E-state index < -0.39 is 5.97 Å². The first kappa shape index (κ1) is 12.3. The van der Waals surface area contributed by atoms with Crippen LogP contribution in [0.2, 0.25) is 5.02 Å². The van der Waals surface area contributed by atoms with Crippen LogP contribution in [0.3, 0.4) is 0 Å².